The van der Waals surface area contributed by atoms with Gasteiger partial charge in [-0.2, -0.15) is 0 Å². The highest BCUT2D eigenvalue weighted by molar-refractivity contribution is 7.91. The quantitative estimate of drug-likeness (QED) is 0.744. The summed E-state index contributed by atoms with van der Waals surface area (Å²) in [4.78, 5) is 0. The van der Waals surface area contributed by atoms with Crippen molar-refractivity contribution in [2.45, 2.75) is 52.0 Å². The first-order chi connectivity index (χ1) is 8.03. The standard InChI is InChI=1S/C13H25NO2S/c1-3-17(15,16)10-6-7-12(2)11-13-8-4-5-9-14-13/h7,13-14H,3-6,8-11H2,1-2H3/b12-7-. The molecule has 0 saturated carbocycles. The molecular formula is C13H25NO2S. The molecule has 0 aliphatic carbocycles. The van der Waals surface area contributed by atoms with Crippen LogP contribution in [0.2, 0.25) is 0 Å². The second-order valence-electron chi connectivity index (χ2n) is 4.93. The van der Waals surface area contributed by atoms with E-state index in [0.717, 1.165) is 13.0 Å². The molecule has 1 saturated heterocycles. The van der Waals surface area contributed by atoms with Crippen molar-refractivity contribution in [1.29, 1.82) is 0 Å². The van der Waals surface area contributed by atoms with E-state index in [0.29, 0.717) is 18.2 Å². The maximum atomic E-state index is 11.3. The van der Waals surface area contributed by atoms with Crippen molar-refractivity contribution in [3.05, 3.63) is 11.6 Å². The molecule has 100 valence electrons. The minimum absolute atomic E-state index is 0.254. The number of rotatable bonds is 6. The Hall–Kier alpha value is -0.350. The fraction of sp³-hybridized carbons (Fsp3) is 0.846. The molecule has 0 aromatic rings. The van der Waals surface area contributed by atoms with E-state index in [1.807, 2.05) is 0 Å². The van der Waals surface area contributed by atoms with Crippen LogP contribution in [0.5, 0.6) is 0 Å². The molecule has 1 unspecified atom stereocenters. The van der Waals surface area contributed by atoms with Gasteiger partial charge in [0.05, 0.1) is 5.75 Å². The third-order valence-corrected chi connectivity index (χ3v) is 5.08. The highest BCUT2D eigenvalue weighted by atomic mass is 32.2. The van der Waals surface area contributed by atoms with Gasteiger partial charge >= 0.3 is 0 Å². The van der Waals surface area contributed by atoms with Crippen LogP contribution in [0.25, 0.3) is 0 Å². The molecule has 17 heavy (non-hydrogen) atoms. The number of hydrogen-bond acceptors (Lipinski definition) is 3. The van der Waals surface area contributed by atoms with Crippen LogP contribution < -0.4 is 5.32 Å². The van der Waals surface area contributed by atoms with Crippen LogP contribution in [0, 0.1) is 0 Å². The van der Waals surface area contributed by atoms with Gasteiger partial charge in [-0.3, -0.25) is 0 Å². The summed E-state index contributed by atoms with van der Waals surface area (Å²) >= 11 is 0. The number of allylic oxidation sites excluding steroid dienone is 1. The summed E-state index contributed by atoms with van der Waals surface area (Å²) in [5, 5.41) is 3.51. The molecule has 3 nitrogen and oxygen atoms in total. The summed E-state index contributed by atoms with van der Waals surface area (Å²) < 4.78 is 22.7. The monoisotopic (exact) mass is 259 g/mol. The van der Waals surface area contributed by atoms with Crippen LogP contribution >= 0.6 is 0 Å². The Morgan fingerprint density at radius 1 is 1.41 bits per heavy atom. The summed E-state index contributed by atoms with van der Waals surface area (Å²) in [5.41, 5.74) is 1.32. The Balaban J connectivity index is 2.29. The van der Waals surface area contributed by atoms with Gasteiger partial charge in [0.15, 0.2) is 0 Å². The van der Waals surface area contributed by atoms with E-state index in [-0.39, 0.29) is 5.75 Å². The van der Waals surface area contributed by atoms with Gasteiger partial charge in [-0.1, -0.05) is 25.0 Å². The van der Waals surface area contributed by atoms with Gasteiger partial charge in [0.2, 0.25) is 0 Å². The molecule has 0 spiro atoms. The first-order valence-electron chi connectivity index (χ1n) is 6.63. The molecule has 0 aromatic heterocycles. The SMILES string of the molecule is CCS(=O)(=O)CC/C=C(/C)CC1CCCCN1. The van der Waals surface area contributed by atoms with Crippen molar-refractivity contribution in [3.8, 4) is 0 Å². The number of piperidine rings is 1. The third-order valence-electron chi connectivity index (χ3n) is 3.34. The van der Waals surface area contributed by atoms with E-state index >= 15 is 0 Å². The van der Waals surface area contributed by atoms with E-state index in [1.165, 1.54) is 24.8 Å². The molecule has 1 N–H and O–H groups in total. The first-order valence-corrected chi connectivity index (χ1v) is 8.45. The van der Waals surface area contributed by atoms with Crippen LogP contribution in [0.4, 0.5) is 0 Å². The van der Waals surface area contributed by atoms with Crippen molar-refractivity contribution in [1.82, 2.24) is 5.32 Å². The van der Waals surface area contributed by atoms with E-state index in [2.05, 4.69) is 18.3 Å². The lowest BCUT2D eigenvalue weighted by molar-refractivity contribution is 0.398. The van der Waals surface area contributed by atoms with Crippen LogP contribution in [-0.4, -0.2) is 32.5 Å². The fourth-order valence-electron chi connectivity index (χ4n) is 2.20. The second-order valence-corrected chi connectivity index (χ2v) is 7.40. The topological polar surface area (TPSA) is 46.2 Å². The zero-order chi connectivity index (χ0) is 12.7. The minimum atomic E-state index is -2.81. The molecular weight excluding hydrogens is 234 g/mol. The Kier molecular flexibility index (Phi) is 6.20. The number of hydrogen-bond donors (Lipinski definition) is 1. The predicted octanol–water partition coefficient (Wildman–Crippen LogP) is 2.29. The van der Waals surface area contributed by atoms with E-state index in [4.69, 9.17) is 0 Å². The Morgan fingerprint density at radius 3 is 2.76 bits per heavy atom. The smallest absolute Gasteiger partial charge is 0.150 e. The summed E-state index contributed by atoms with van der Waals surface area (Å²) in [6.45, 7) is 4.94. The lowest BCUT2D eigenvalue weighted by Crippen LogP contribution is -2.33. The maximum Gasteiger partial charge on any atom is 0.150 e. The second kappa shape index (κ2) is 7.17. The summed E-state index contributed by atoms with van der Waals surface area (Å²) in [6, 6.07) is 0.600. The lowest BCUT2D eigenvalue weighted by Gasteiger charge is -2.23. The molecule has 0 aromatic carbocycles. The Morgan fingerprint density at radius 2 is 2.18 bits per heavy atom. The highest BCUT2D eigenvalue weighted by Crippen LogP contribution is 2.15. The van der Waals surface area contributed by atoms with Crippen LogP contribution in [0.3, 0.4) is 0 Å². The van der Waals surface area contributed by atoms with Gasteiger partial charge in [0, 0.05) is 11.8 Å². The first kappa shape index (κ1) is 14.7. The molecule has 1 heterocycles. The summed E-state index contributed by atoms with van der Waals surface area (Å²) in [7, 11) is -2.81. The molecule has 0 bridgehead atoms. The van der Waals surface area contributed by atoms with Crippen molar-refractivity contribution in [2.75, 3.05) is 18.1 Å². The molecule has 0 amide bonds. The van der Waals surface area contributed by atoms with Crippen molar-refractivity contribution >= 4 is 9.84 Å². The van der Waals surface area contributed by atoms with Gasteiger partial charge in [0.1, 0.15) is 9.84 Å². The van der Waals surface area contributed by atoms with Gasteiger partial charge in [-0.15, -0.1) is 0 Å². The molecule has 1 fully saturated rings. The average molecular weight is 259 g/mol. The summed E-state index contributed by atoms with van der Waals surface area (Å²) in [6.07, 6.45) is 7.66. The normalized spacial score (nSPS) is 22.7. The Labute approximate surface area is 106 Å². The van der Waals surface area contributed by atoms with E-state index in [1.54, 1.807) is 6.92 Å². The Bertz CT molecular complexity index is 340. The largest absolute Gasteiger partial charge is 0.314 e. The third kappa shape index (κ3) is 6.22. The zero-order valence-electron chi connectivity index (χ0n) is 11.0. The predicted molar refractivity (Wildman–Crippen MR) is 73.0 cm³/mol. The lowest BCUT2D eigenvalue weighted by atomic mass is 9.98. The van der Waals surface area contributed by atoms with Gasteiger partial charge in [-0.05, 0) is 39.2 Å². The van der Waals surface area contributed by atoms with Gasteiger partial charge in [0.25, 0.3) is 0 Å². The molecule has 1 aliphatic heterocycles. The van der Waals surface area contributed by atoms with Gasteiger partial charge in [-0.25, -0.2) is 8.42 Å². The fourth-order valence-corrected chi connectivity index (χ4v) is 2.97. The molecule has 4 heteroatoms. The number of nitrogens with one attached hydrogen (secondary N) is 1. The van der Waals surface area contributed by atoms with Crippen LogP contribution in [0.15, 0.2) is 11.6 Å². The molecule has 1 atom stereocenters. The van der Waals surface area contributed by atoms with E-state index in [9.17, 15) is 8.42 Å². The number of sulfone groups is 1. The van der Waals surface area contributed by atoms with Crippen molar-refractivity contribution in [2.24, 2.45) is 0 Å². The van der Waals surface area contributed by atoms with E-state index < -0.39 is 9.84 Å². The zero-order valence-corrected chi connectivity index (χ0v) is 11.9. The average Bonchev–Trinajstić information content (AvgIpc) is 2.30. The van der Waals surface area contributed by atoms with Gasteiger partial charge < -0.3 is 5.32 Å². The van der Waals surface area contributed by atoms with Crippen molar-refractivity contribution in [3.63, 3.8) is 0 Å². The molecule has 1 rings (SSSR count). The molecule has 0 radical (unpaired) electrons. The highest BCUT2D eigenvalue weighted by Gasteiger charge is 2.12. The van der Waals surface area contributed by atoms with Crippen LogP contribution in [0.1, 0.15) is 46.0 Å². The maximum absolute atomic E-state index is 11.3. The van der Waals surface area contributed by atoms with Crippen LogP contribution in [-0.2, 0) is 9.84 Å². The molecule has 1 aliphatic rings. The minimum Gasteiger partial charge on any atom is -0.314 e. The van der Waals surface area contributed by atoms with Crippen molar-refractivity contribution < 1.29 is 8.42 Å². The summed E-state index contributed by atoms with van der Waals surface area (Å²) in [5.74, 6) is 0.545.